The van der Waals surface area contributed by atoms with E-state index < -0.39 is 199 Å². The van der Waals surface area contributed by atoms with Gasteiger partial charge in [0.25, 0.3) is 0 Å². The van der Waals surface area contributed by atoms with Crippen LogP contribution in [0.2, 0.25) is 0 Å². The third kappa shape index (κ3) is 31.1. The molecule has 4 rings (SSSR count). The van der Waals surface area contributed by atoms with Crippen molar-refractivity contribution in [1.29, 1.82) is 0 Å². The van der Waals surface area contributed by atoms with Crippen LogP contribution in [0.25, 0.3) is 11.1 Å². The second kappa shape index (κ2) is 43.2. The lowest BCUT2D eigenvalue weighted by Crippen LogP contribution is -2.60. The molecule has 12 N–H and O–H groups in total. The number of carbonyl (C=O) groups excluding carboxylic acids is 13. The number of Topliss-reactive ketones (excluding diaryl/α,β-unsaturated/α-hetero) is 2. The molecule has 1 saturated heterocycles. The summed E-state index contributed by atoms with van der Waals surface area (Å²) in [6.07, 6.45) is -10.6. The number of carbonyl (C=O) groups is 13. The number of halogens is 1. The Morgan fingerprint density at radius 2 is 1.10 bits per heavy atom. The van der Waals surface area contributed by atoms with Gasteiger partial charge < -0.3 is 77.6 Å². The normalized spacial score (nSPS) is 21.0. The number of alkyl carbamates (subject to hydrolysis) is 2. The van der Waals surface area contributed by atoms with Crippen LogP contribution < -0.4 is 53.2 Å². The first kappa shape index (κ1) is 88.0. The summed E-state index contributed by atoms with van der Waals surface area (Å²) in [7, 11) is 0. The van der Waals surface area contributed by atoms with E-state index in [9.17, 15) is 72.5 Å². The molecular weight excluding hydrogens is 1360 g/mol. The molecule has 1 fully saturated rings. The number of ether oxygens (including phenoxy) is 3. The molecule has 0 radical (unpaired) electrons. The van der Waals surface area contributed by atoms with Gasteiger partial charge in [-0.15, -0.1) is 0 Å². The topological polar surface area (TPSA) is 410 Å². The molecule has 1 aliphatic heterocycles. The first-order valence-corrected chi connectivity index (χ1v) is 36.2. The van der Waals surface area contributed by atoms with E-state index in [1.165, 1.54) is 26.0 Å². The molecule has 0 spiro atoms. The highest BCUT2D eigenvalue weighted by Gasteiger charge is 2.39. The number of nitrogens with one attached hydrogen (secondary N) is 10. The Morgan fingerprint density at radius 3 is 1.62 bits per heavy atom. The first-order valence-electron chi connectivity index (χ1n) is 36.2. The quantitative estimate of drug-likeness (QED) is 0.0296. The van der Waals surface area contributed by atoms with Gasteiger partial charge in [-0.1, -0.05) is 139 Å². The summed E-state index contributed by atoms with van der Waals surface area (Å²) in [5.74, 6) is -13.6. The summed E-state index contributed by atoms with van der Waals surface area (Å²) in [6, 6.07) is 13.1. The molecule has 3 aromatic rings. The Hall–Kier alpha value is -9.38. The van der Waals surface area contributed by atoms with Gasteiger partial charge in [0.15, 0.2) is 17.7 Å². The summed E-state index contributed by atoms with van der Waals surface area (Å²) in [5.41, 5.74) is 0.342. The minimum Gasteiger partial charge on any atom is -0.452 e. The molecule has 10 amide bonds. The molecule has 0 saturated carbocycles. The maximum atomic E-state index is 15.8. The van der Waals surface area contributed by atoms with Crippen LogP contribution in [0.5, 0.6) is 0 Å². The third-order valence-electron chi connectivity index (χ3n) is 16.9. The van der Waals surface area contributed by atoms with Gasteiger partial charge in [-0.3, -0.25) is 47.9 Å². The van der Waals surface area contributed by atoms with Crippen LogP contribution in [-0.2, 0) is 73.4 Å². The van der Waals surface area contributed by atoms with Gasteiger partial charge in [0.05, 0.1) is 24.2 Å². The van der Waals surface area contributed by atoms with Crippen LogP contribution in [-0.4, -0.2) is 179 Å². The predicted octanol–water partition coefficient (Wildman–Crippen LogP) is 5.62. The van der Waals surface area contributed by atoms with Crippen molar-refractivity contribution in [3.05, 3.63) is 96.1 Å². The second-order valence-corrected chi connectivity index (χ2v) is 29.0. The average Bonchev–Trinajstić information content (AvgIpc) is 1.13. The second-order valence-electron chi connectivity index (χ2n) is 29.0. The fraction of sp³-hybridized carbons (Fsp3) is 0.592. The van der Waals surface area contributed by atoms with Crippen LogP contribution in [0.4, 0.5) is 14.0 Å². The number of alkyl halides is 1. The molecule has 0 aliphatic carbocycles. The number of esters is 1. The highest BCUT2D eigenvalue weighted by Crippen LogP contribution is 2.27. The summed E-state index contributed by atoms with van der Waals surface area (Å²) in [4.78, 5) is 185. The van der Waals surface area contributed by atoms with E-state index in [1.54, 1.807) is 119 Å². The summed E-state index contributed by atoms with van der Waals surface area (Å²) >= 11 is 0. The van der Waals surface area contributed by atoms with Gasteiger partial charge in [-0.25, -0.2) is 18.8 Å². The standard InChI is InChI=1S/C76H111FN10O18/c1-14-23-53-59(90)42-51(41-47-26-19-17-20-27-47)64(92)86-58(40-44(4)5)70(98)85-56(35-38-79-73(101)104-75(8,9)10)68(96)84-57(36-39-80-74(102)105-76(11,12)13)69(97)87-63(46(7)89)71(99)78-37-34-55(67(95)81-53)83-66(94)54(24-15-2)82-65(93)52(45(6)88)43-60(91)61(25-16-3)103-72(100)62(77)50-32-30-49(31-33-50)48-28-21-18-22-29-48/h17-22,26-33,44-46,51-58,61-63,88-89H,14-16,23-25,34-43H2,1-13H3,(H,78,99)(H,79,101)(H,80,102)(H,81,95)(H,82,93)(H,83,94)(H,84,96)(H,85,98)(H,86,92)(H,87,97)/t45-,46-,51+,52+,53+,54+,55+,56+,57+,58+,61+,62?,63+/m1/s1. The van der Waals surface area contributed by atoms with Crippen LogP contribution in [0.3, 0.4) is 0 Å². The van der Waals surface area contributed by atoms with Gasteiger partial charge in [0.1, 0.15) is 47.5 Å². The molecule has 3 aromatic carbocycles. The minimum absolute atomic E-state index is 0.00369. The van der Waals surface area contributed by atoms with Crippen molar-refractivity contribution in [1.82, 2.24) is 53.2 Å². The van der Waals surface area contributed by atoms with Crippen molar-refractivity contribution in [2.75, 3.05) is 19.6 Å². The van der Waals surface area contributed by atoms with Gasteiger partial charge in [0.2, 0.25) is 53.4 Å². The van der Waals surface area contributed by atoms with Crippen LogP contribution >= 0.6 is 0 Å². The average molecular weight is 1470 g/mol. The van der Waals surface area contributed by atoms with E-state index in [4.69, 9.17) is 14.2 Å². The number of hydrogen-bond donors (Lipinski definition) is 12. The molecule has 1 heterocycles. The number of amides is 10. The fourth-order valence-corrected chi connectivity index (χ4v) is 11.4. The van der Waals surface area contributed by atoms with Crippen molar-refractivity contribution in [2.24, 2.45) is 17.8 Å². The minimum atomic E-state index is -2.29. The van der Waals surface area contributed by atoms with E-state index in [1.807, 2.05) is 30.3 Å². The molecule has 1 aliphatic rings. The molecule has 0 aromatic heterocycles. The lowest BCUT2D eigenvalue weighted by atomic mass is 9.89. The highest BCUT2D eigenvalue weighted by atomic mass is 19.1. The monoisotopic (exact) mass is 1470 g/mol. The Morgan fingerprint density at radius 1 is 0.590 bits per heavy atom. The molecule has 29 heteroatoms. The fourth-order valence-electron chi connectivity index (χ4n) is 11.4. The van der Waals surface area contributed by atoms with Gasteiger partial charge in [0, 0.05) is 38.4 Å². The van der Waals surface area contributed by atoms with Crippen molar-refractivity contribution in [3.8, 4) is 11.1 Å². The number of aliphatic hydroxyl groups excluding tert-OH is 2. The SMILES string of the molecule is CCC[C@@H]1NC(=O)[C@@H](NC(=O)[C@H](CCC)NC(=O)[C@@H](CC(=O)[C@H](CCC)OC(=O)C(F)c2ccc(-c3ccccc3)cc2)[C@@H](C)O)CCNC(=O)[C@H]([C@@H](C)O)NC(=O)[C@H](CCNC(=O)OC(C)(C)C)NC(=O)[C@H](CCNC(=O)OC(C)(C)C)NC(=O)[C@H](CC(C)C)NC(=O)[C@@H](Cc2ccccc2)CC1=O. The molecule has 13 atom stereocenters. The zero-order valence-corrected chi connectivity index (χ0v) is 62.8. The van der Waals surface area contributed by atoms with E-state index in [0.29, 0.717) is 12.0 Å². The van der Waals surface area contributed by atoms with Crippen LogP contribution in [0.1, 0.15) is 184 Å². The molecule has 105 heavy (non-hydrogen) atoms. The van der Waals surface area contributed by atoms with Crippen LogP contribution in [0.15, 0.2) is 84.9 Å². The molecular formula is C76H111FN10O18. The van der Waals surface area contributed by atoms with Gasteiger partial charge in [-0.05, 0) is 135 Å². The van der Waals surface area contributed by atoms with Crippen molar-refractivity contribution < 1.29 is 91.1 Å². The van der Waals surface area contributed by atoms with Crippen molar-refractivity contribution >= 4 is 77.0 Å². The summed E-state index contributed by atoms with van der Waals surface area (Å²) < 4.78 is 32.0. The smallest absolute Gasteiger partial charge is 0.407 e. The van der Waals surface area contributed by atoms with Gasteiger partial charge >= 0.3 is 18.2 Å². The summed E-state index contributed by atoms with van der Waals surface area (Å²) in [5, 5.41) is 48.2. The number of ketones is 2. The Bertz CT molecular complexity index is 3380. The van der Waals surface area contributed by atoms with E-state index in [-0.39, 0.29) is 75.9 Å². The largest absolute Gasteiger partial charge is 0.452 e. The Balaban J connectivity index is 1.76. The Kier molecular flexibility index (Phi) is 36.2. The van der Waals surface area contributed by atoms with E-state index in [2.05, 4.69) is 53.2 Å². The predicted molar refractivity (Wildman–Crippen MR) is 388 cm³/mol. The van der Waals surface area contributed by atoms with Crippen LogP contribution in [0, 0.1) is 17.8 Å². The van der Waals surface area contributed by atoms with Crippen molar-refractivity contribution in [2.45, 2.75) is 251 Å². The Labute approximate surface area is 614 Å². The molecule has 1 unspecified atom stereocenters. The lowest BCUT2D eigenvalue weighted by molar-refractivity contribution is -0.161. The maximum Gasteiger partial charge on any atom is 0.407 e. The molecule has 0 bridgehead atoms. The van der Waals surface area contributed by atoms with Gasteiger partial charge in [-0.2, -0.15) is 0 Å². The first-order chi connectivity index (χ1) is 49.4. The highest BCUT2D eigenvalue weighted by molar-refractivity contribution is 5.99. The maximum absolute atomic E-state index is 15.8. The number of rotatable bonds is 29. The summed E-state index contributed by atoms with van der Waals surface area (Å²) in [6.45, 7) is 19.7. The zero-order chi connectivity index (χ0) is 78.3. The molecule has 580 valence electrons. The third-order valence-corrected chi connectivity index (χ3v) is 16.9. The van der Waals surface area contributed by atoms with E-state index >= 15 is 4.39 Å². The van der Waals surface area contributed by atoms with E-state index in [0.717, 1.165) is 11.1 Å². The number of aliphatic hydroxyl groups is 2. The lowest BCUT2D eigenvalue weighted by Gasteiger charge is -2.28. The van der Waals surface area contributed by atoms with Crippen molar-refractivity contribution in [3.63, 3.8) is 0 Å². The zero-order valence-electron chi connectivity index (χ0n) is 62.8. The molecule has 28 nitrogen and oxygen atoms in total. The number of hydrogen-bond acceptors (Lipinski definition) is 18. The number of benzene rings is 3.